The summed E-state index contributed by atoms with van der Waals surface area (Å²) in [4.78, 5) is 10.7. The lowest BCUT2D eigenvalue weighted by molar-refractivity contribution is -0.137. The Morgan fingerprint density at radius 3 is 2.40 bits per heavy atom. The molecule has 0 spiro atoms. The van der Waals surface area contributed by atoms with Crippen LogP contribution in [0.15, 0.2) is 41.3 Å². The van der Waals surface area contributed by atoms with Crippen LogP contribution >= 0.6 is 11.6 Å². The molecule has 1 amide bonds. The first kappa shape index (κ1) is 19.1. The molecule has 0 atom stereocenters. The van der Waals surface area contributed by atoms with Crippen molar-refractivity contribution in [3.8, 4) is 0 Å². The Morgan fingerprint density at radius 1 is 1.20 bits per heavy atom. The minimum Gasteiger partial charge on any atom is -0.366 e. The van der Waals surface area contributed by atoms with Gasteiger partial charge in [0.1, 0.15) is 0 Å². The van der Waals surface area contributed by atoms with E-state index >= 15 is 0 Å². The van der Waals surface area contributed by atoms with E-state index < -0.39 is 37.6 Å². The summed E-state index contributed by atoms with van der Waals surface area (Å²) in [6, 6.07) is 6.41. The van der Waals surface area contributed by atoms with E-state index in [0.29, 0.717) is 6.07 Å². The summed E-state index contributed by atoms with van der Waals surface area (Å²) in [5, 5.41) is -0.613. The molecule has 0 bridgehead atoms. The lowest BCUT2D eigenvalue weighted by atomic mass is 10.1. The molecule has 134 valence electrons. The first-order valence-electron chi connectivity index (χ1n) is 6.72. The highest BCUT2D eigenvalue weighted by Gasteiger charge is 2.34. The van der Waals surface area contributed by atoms with E-state index in [1.54, 1.807) is 0 Å². The van der Waals surface area contributed by atoms with Crippen LogP contribution in [0, 0.1) is 6.92 Å². The quantitative estimate of drug-likeness (QED) is 0.833. The molecule has 0 aromatic heterocycles. The van der Waals surface area contributed by atoms with Gasteiger partial charge < -0.3 is 5.73 Å². The minimum atomic E-state index is -4.80. The summed E-state index contributed by atoms with van der Waals surface area (Å²) in [5.41, 5.74) is 4.29. The van der Waals surface area contributed by atoms with E-state index in [1.807, 2.05) is 0 Å². The number of hydrogen-bond acceptors (Lipinski definition) is 3. The highest BCUT2D eigenvalue weighted by atomic mass is 35.5. The fraction of sp³-hybridized carbons (Fsp3) is 0.133. The molecule has 0 heterocycles. The van der Waals surface area contributed by atoms with Gasteiger partial charge in [-0.05, 0) is 42.8 Å². The van der Waals surface area contributed by atoms with Gasteiger partial charge in [0.05, 0.1) is 21.2 Å². The average molecular weight is 393 g/mol. The smallest absolute Gasteiger partial charge is 0.366 e. The number of benzene rings is 2. The second kappa shape index (κ2) is 6.57. The summed E-state index contributed by atoms with van der Waals surface area (Å²) >= 11 is 5.49. The highest BCUT2D eigenvalue weighted by Crippen LogP contribution is 2.36. The number of primary amides is 1. The van der Waals surface area contributed by atoms with Gasteiger partial charge in [0, 0.05) is 5.56 Å². The second-order valence-corrected chi connectivity index (χ2v) is 7.18. The molecule has 25 heavy (non-hydrogen) atoms. The molecule has 10 heteroatoms. The van der Waals surface area contributed by atoms with Crippen molar-refractivity contribution in [3.05, 3.63) is 58.1 Å². The van der Waals surface area contributed by atoms with Gasteiger partial charge >= 0.3 is 6.18 Å². The minimum absolute atomic E-state index is 0.0276. The molecule has 5 nitrogen and oxygen atoms in total. The van der Waals surface area contributed by atoms with Gasteiger partial charge in [-0.3, -0.25) is 9.52 Å². The molecule has 0 aliphatic rings. The normalized spacial score (nSPS) is 12.0. The fourth-order valence-corrected chi connectivity index (χ4v) is 3.48. The molecule has 0 unspecified atom stereocenters. The molecule has 0 aliphatic heterocycles. The summed E-state index contributed by atoms with van der Waals surface area (Å²) in [6.07, 6.45) is -4.80. The van der Waals surface area contributed by atoms with Gasteiger partial charge in [-0.1, -0.05) is 17.7 Å². The van der Waals surface area contributed by atoms with Gasteiger partial charge in [-0.2, -0.15) is 13.2 Å². The molecule has 0 saturated heterocycles. The van der Waals surface area contributed by atoms with Crippen LogP contribution in [0.3, 0.4) is 0 Å². The molecule has 2 aromatic rings. The van der Waals surface area contributed by atoms with Crippen LogP contribution in [-0.2, 0) is 16.2 Å². The van der Waals surface area contributed by atoms with Crippen LogP contribution in [0.1, 0.15) is 21.5 Å². The van der Waals surface area contributed by atoms with Crippen molar-refractivity contribution in [3.63, 3.8) is 0 Å². The van der Waals surface area contributed by atoms with Gasteiger partial charge in [0.2, 0.25) is 5.91 Å². The molecule has 2 aromatic carbocycles. The predicted molar refractivity (Wildman–Crippen MR) is 87.0 cm³/mol. The lowest BCUT2D eigenvalue weighted by Crippen LogP contribution is -2.18. The first-order valence-corrected chi connectivity index (χ1v) is 8.58. The number of nitrogens with one attached hydrogen (secondary N) is 1. The number of amides is 1. The van der Waals surface area contributed by atoms with E-state index in [2.05, 4.69) is 4.72 Å². The third kappa shape index (κ3) is 4.05. The molecule has 0 aliphatic carbocycles. The Morgan fingerprint density at radius 2 is 1.84 bits per heavy atom. The zero-order chi connectivity index (χ0) is 19.0. The molecule has 0 radical (unpaired) electrons. The molecular weight excluding hydrogens is 381 g/mol. The van der Waals surface area contributed by atoms with Crippen molar-refractivity contribution in [1.82, 2.24) is 0 Å². The van der Waals surface area contributed by atoms with Crippen LogP contribution in [-0.4, -0.2) is 14.3 Å². The SMILES string of the molecule is Cc1c(NS(=O)(=O)c2ccc(Cl)c(C(F)(F)F)c2)cccc1C(N)=O. The number of carbonyl (C=O) groups is 1. The van der Waals surface area contributed by atoms with Crippen molar-refractivity contribution < 1.29 is 26.4 Å². The number of halogens is 4. The van der Waals surface area contributed by atoms with Crippen LogP contribution in [0.2, 0.25) is 5.02 Å². The van der Waals surface area contributed by atoms with Crippen molar-refractivity contribution in [2.75, 3.05) is 4.72 Å². The maximum atomic E-state index is 12.9. The van der Waals surface area contributed by atoms with E-state index in [4.69, 9.17) is 17.3 Å². The number of anilines is 1. The molecule has 0 saturated carbocycles. The Balaban J connectivity index is 2.48. The van der Waals surface area contributed by atoms with Gasteiger partial charge in [-0.25, -0.2) is 8.42 Å². The Labute approximate surface area is 146 Å². The van der Waals surface area contributed by atoms with Crippen molar-refractivity contribution in [2.45, 2.75) is 18.0 Å². The third-order valence-corrected chi connectivity index (χ3v) is 5.09. The van der Waals surface area contributed by atoms with Gasteiger partial charge in [-0.15, -0.1) is 0 Å². The number of hydrogen-bond donors (Lipinski definition) is 2. The number of nitrogens with two attached hydrogens (primary N) is 1. The van der Waals surface area contributed by atoms with Crippen molar-refractivity contribution >= 4 is 33.2 Å². The Hall–Kier alpha value is -2.26. The van der Waals surface area contributed by atoms with Crippen LogP contribution in [0.4, 0.5) is 18.9 Å². The first-order chi connectivity index (χ1) is 11.4. The molecule has 0 fully saturated rings. The van der Waals surface area contributed by atoms with Crippen LogP contribution in [0.25, 0.3) is 0 Å². The van der Waals surface area contributed by atoms with Crippen molar-refractivity contribution in [1.29, 1.82) is 0 Å². The lowest BCUT2D eigenvalue weighted by Gasteiger charge is -2.14. The number of sulfonamides is 1. The largest absolute Gasteiger partial charge is 0.417 e. The molecule has 2 rings (SSSR count). The number of carbonyl (C=O) groups excluding carboxylic acids is 1. The zero-order valence-electron chi connectivity index (χ0n) is 12.7. The van der Waals surface area contributed by atoms with E-state index in [-0.39, 0.29) is 16.8 Å². The monoisotopic (exact) mass is 392 g/mol. The van der Waals surface area contributed by atoms with Crippen LogP contribution in [0.5, 0.6) is 0 Å². The van der Waals surface area contributed by atoms with E-state index in [0.717, 1.165) is 12.1 Å². The molecular formula is C15H12ClF3N2O3S. The van der Waals surface area contributed by atoms with E-state index in [9.17, 15) is 26.4 Å². The maximum absolute atomic E-state index is 12.9. The van der Waals surface area contributed by atoms with E-state index in [1.165, 1.54) is 25.1 Å². The summed E-state index contributed by atoms with van der Waals surface area (Å²) < 4.78 is 65.6. The van der Waals surface area contributed by atoms with Gasteiger partial charge in [0.15, 0.2) is 0 Å². The second-order valence-electron chi connectivity index (χ2n) is 5.09. The number of rotatable bonds is 4. The topological polar surface area (TPSA) is 89.3 Å². The Bertz CT molecular complexity index is 944. The predicted octanol–water partition coefficient (Wildman–Crippen LogP) is 3.57. The summed E-state index contributed by atoms with van der Waals surface area (Å²) in [7, 11) is -4.34. The Kier molecular flexibility index (Phi) is 5.01. The average Bonchev–Trinajstić information content (AvgIpc) is 2.48. The highest BCUT2D eigenvalue weighted by molar-refractivity contribution is 7.92. The maximum Gasteiger partial charge on any atom is 0.417 e. The fourth-order valence-electron chi connectivity index (χ4n) is 2.11. The summed E-state index contributed by atoms with van der Waals surface area (Å²) in [6.45, 7) is 1.46. The molecule has 3 N–H and O–H groups in total. The zero-order valence-corrected chi connectivity index (χ0v) is 14.3. The third-order valence-electron chi connectivity index (χ3n) is 3.40. The van der Waals surface area contributed by atoms with Crippen molar-refractivity contribution in [2.24, 2.45) is 5.73 Å². The number of alkyl halides is 3. The van der Waals surface area contributed by atoms with Gasteiger partial charge in [0.25, 0.3) is 10.0 Å². The summed E-state index contributed by atoms with van der Waals surface area (Å²) in [5.74, 6) is -0.760. The van der Waals surface area contributed by atoms with Crippen LogP contribution < -0.4 is 10.5 Å². The standard InChI is InChI=1S/C15H12ClF3N2O3S/c1-8-10(14(20)22)3-2-4-13(8)21-25(23,24)9-5-6-12(16)11(7-9)15(17,18)19/h2-7,21H,1H3,(H2,20,22).